The summed E-state index contributed by atoms with van der Waals surface area (Å²) in [7, 11) is 0. The van der Waals surface area contributed by atoms with E-state index in [9.17, 15) is 14.4 Å². The molecule has 0 heterocycles. The Kier molecular flexibility index (Phi) is 6.21. The predicted molar refractivity (Wildman–Crippen MR) is 43.7 cm³/mol. The predicted octanol–water partition coefficient (Wildman–Crippen LogP) is -1.59. The van der Waals surface area contributed by atoms with Crippen LogP contribution in [0.5, 0.6) is 0 Å². The molecule has 74 valence electrons. The molecule has 2 N–H and O–H groups in total. The van der Waals surface area contributed by atoms with Gasteiger partial charge in [-0.05, 0) is 6.92 Å². The molecule has 0 aliphatic rings. The van der Waals surface area contributed by atoms with E-state index in [1.807, 2.05) is 0 Å². The lowest BCUT2D eigenvalue weighted by Crippen LogP contribution is -2.36. The Bertz CT molecular complexity index is 193. The Balaban J connectivity index is 3.45. The van der Waals surface area contributed by atoms with Crippen LogP contribution in [0.2, 0.25) is 0 Å². The van der Waals surface area contributed by atoms with E-state index >= 15 is 0 Å². The molecule has 0 aromatic rings. The van der Waals surface area contributed by atoms with Gasteiger partial charge < -0.3 is 15.4 Å². The summed E-state index contributed by atoms with van der Waals surface area (Å²) in [5, 5.41) is 4.43. The molecule has 0 bridgehead atoms. The molecule has 0 fully saturated rings. The van der Waals surface area contributed by atoms with Crippen molar-refractivity contribution in [1.82, 2.24) is 10.6 Å². The molecule has 0 rings (SSSR count). The quantitative estimate of drug-likeness (QED) is 0.389. The molecule has 0 atom stereocenters. The van der Waals surface area contributed by atoms with Crippen molar-refractivity contribution in [3.8, 4) is 0 Å². The molecule has 13 heavy (non-hydrogen) atoms. The summed E-state index contributed by atoms with van der Waals surface area (Å²) in [5.74, 6) is -0.929. The Morgan fingerprint density at radius 1 is 1.38 bits per heavy atom. The molecule has 0 unspecified atom stereocenters. The van der Waals surface area contributed by atoms with Crippen molar-refractivity contribution in [2.24, 2.45) is 0 Å². The third-order valence-corrected chi connectivity index (χ3v) is 1.08. The number of carbonyl (C=O) groups excluding carboxylic acids is 3. The van der Waals surface area contributed by atoms with Crippen LogP contribution < -0.4 is 10.6 Å². The van der Waals surface area contributed by atoms with E-state index in [1.54, 1.807) is 6.92 Å². The zero-order chi connectivity index (χ0) is 10.1. The van der Waals surface area contributed by atoms with Gasteiger partial charge in [-0.25, -0.2) is 0 Å². The topological polar surface area (TPSA) is 84.5 Å². The molecule has 0 spiro atoms. The van der Waals surface area contributed by atoms with Gasteiger partial charge in [-0.15, -0.1) is 0 Å². The van der Waals surface area contributed by atoms with Gasteiger partial charge in [0.15, 0.2) is 0 Å². The summed E-state index contributed by atoms with van der Waals surface area (Å²) in [6, 6.07) is 0. The smallest absolute Gasteiger partial charge is 0.325 e. The molecule has 6 heteroatoms. The number of carbonyl (C=O) groups is 3. The van der Waals surface area contributed by atoms with Crippen LogP contribution in [0.25, 0.3) is 0 Å². The lowest BCUT2D eigenvalue weighted by molar-refractivity contribution is -0.143. The highest BCUT2D eigenvalue weighted by molar-refractivity contribution is 5.84. The Morgan fingerprint density at radius 3 is 2.62 bits per heavy atom. The second-order valence-corrected chi connectivity index (χ2v) is 2.08. The summed E-state index contributed by atoms with van der Waals surface area (Å²) in [4.78, 5) is 31.2. The molecule has 6 nitrogen and oxygen atoms in total. The van der Waals surface area contributed by atoms with Gasteiger partial charge in [-0.3, -0.25) is 14.4 Å². The van der Waals surface area contributed by atoms with Crippen molar-refractivity contribution < 1.29 is 19.1 Å². The number of nitrogens with one attached hydrogen (secondary N) is 2. The van der Waals surface area contributed by atoms with Crippen LogP contribution in [-0.4, -0.2) is 38.0 Å². The molecule has 0 saturated heterocycles. The molecule has 2 amide bonds. The maximum absolute atomic E-state index is 10.8. The van der Waals surface area contributed by atoms with Crippen molar-refractivity contribution in [3.05, 3.63) is 0 Å². The third kappa shape index (κ3) is 6.79. The minimum Gasteiger partial charge on any atom is -0.465 e. The fraction of sp³-hybridized carbons (Fsp3) is 0.571. The Hall–Kier alpha value is -1.59. The first-order valence-corrected chi connectivity index (χ1v) is 3.80. The van der Waals surface area contributed by atoms with Gasteiger partial charge in [-0.2, -0.15) is 0 Å². The van der Waals surface area contributed by atoms with Crippen molar-refractivity contribution in [1.29, 1.82) is 0 Å². The Morgan fingerprint density at radius 2 is 2.08 bits per heavy atom. The molecule has 0 aromatic carbocycles. The number of amides is 2. The molecule has 0 aliphatic heterocycles. The van der Waals surface area contributed by atoms with Crippen molar-refractivity contribution in [2.75, 3.05) is 19.7 Å². The minimum absolute atomic E-state index is 0.136. The van der Waals surface area contributed by atoms with Crippen LogP contribution >= 0.6 is 0 Å². The molecule has 0 aliphatic carbocycles. The first kappa shape index (κ1) is 11.4. The third-order valence-electron chi connectivity index (χ3n) is 1.08. The number of hydrogen-bond donors (Lipinski definition) is 2. The van der Waals surface area contributed by atoms with Gasteiger partial charge in [0.25, 0.3) is 0 Å². The first-order chi connectivity index (χ1) is 6.20. The maximum Gasteiger partial charge on any atom is 0.325 e. The zero-order valence-corrected chi connectivity index (χ0v) is 7.33. The van der Waals surface area contributed by atoms with Crippen LogP contribution in [0.3, 0.4) is 0 Å². The normalized spacial score (nSPS) is 8.69. The Labute approximate surface area is 75.6 Å². The van der Waals surface area contributed by atoms with E-state index < -0.39 is 11.9 Å². The summed E-state index contributed by atoms with van der Waals surface area (Å²) >= 11 is 0. The fourth-order valence-electron chi connectivity index (χ4n) is 0.580. The number of esters is 1. The number of hydrogen-bond acceptors (Lipinski definition) is 4. The monoisotopic (exact) mass is 188 g/mol. The van der Waals surface area contributed by atoms with Gasteiger partial charge in [0.1, 0.15) is 6.54 Å². The van der Waals surface area contributed by atoms with Gasteiger partial charge in [0.2, 0.25) is 12.3 Å². The summed E-state index contributed by atoms with van der Waals surface area (Å²) < 4.78 is 4.55. The van der Waals surface area contributed by atoms with Crippen LogP contribution in [0, 0.1) is 0 Å². The summed E-state index contributed by atoms with van der Waals surface area (Å²) in [6.07, 6.45) is 0.407. The minimum atomic E-state index is -0.498. The molecular weight excluding hydrogens is 176 g/mol. The first-order valence-electron chi connectivity index (χ1n) is 3.80. The average molecular weight is 188 g/mol. The van der Waals surface area contributed by atoms with Crippen LogP contribution in [0.4, 0.5) is 0 Å². The second kappa shape index (κ2) is 7.08. The number of ether oxygens (including phenoxy) is 1. The van der Waals surface area contributed by atoms with Crippen molar-refractivity contribution in [2.45, 2.75) is 6.92 Å². The largest absolute Gasteiger partial charge is 0.465 e. The van der Waals surface area contributed by atoms with Gasteiger partial charge in [-0.1, -0.05) is 0 Å². The average Bonchev–Trinajstić information content (AvgIpc) is 2.12. The fourth-order valence-corrected chi connectivity index (χ4v) is 0.580. The molecule has 0 aromatic heterocycles. The van der Waals surface area contributed by atoms with Crippen LogP contribution in [-0.2, 0) is 19.1 Å². The molecular formula is C7H12N2O4. The van der Waals surface area contributed by atoms with E-state index in [4.69, 9.17) is 0 Å². The highest BCUT2D eigenvalue weighted by atomic mass is 16.5. The number of rotatable bonds is 6. The van der Waals surface area contributed by atoms with E-state index in [0.29, 0.717) is 6.41 Å². The molecule has 0 saturated carbocycles. The SMILES string of the molecule is CCOC(=O)CNC(=O)CNC=O. The van der Waals surface area contributed by atoms with Crippen molar-refractivity contribution >= 4 is 18.3 Å². The van der Waals surface area contributed by atoms with E-state index in [-0.39, 0.29) is 19.7 Å². The van der Waals surface area contributed by atoms with E-state index in [0.717, 1.165) is 0 Å². The molecule has 0 radical (unpaired) electrons. The highest BCUT2D eigenvalue weighted by Crippen LogP contribution is 1.74. The summed E-state index contributed by atoms with van der Waals surface area (Å²) in [6.45, 7) is 1.64. The highest BCUT2D eigenvalue weighted by Gasteiger charge is 2.04. The zero-order valence-electron chi connectivity index (χ0n) is 7.33. The lowest BCUT2D eigenvalue weighted by atomic mass is 10.5. The van der Waals surface area contributed by atoms with Gasteiger partial charge in [0.05, 0.1) is 13.2 Å². The van der Waals surface area contributed by atoms with Gasteiger partial charge >= 0.3 is 5.97 Å². The standard InChI is InChI=1S/C7H12N2O4/c1-2-13-7(12)4-9-6(11)3-8-5-10/h5H,2-4H2,1H3,(H,8,10)(H,9,11). The van der Waals surface area contributed by atoms with E-state index in [1.165, 1.54) is 0 Å². The van der Waals surface area contributed by atoms with Crippen LogP contribution in [0.1, 0.15) is 6.92 Å². The maximum atomic E-state index is 10.8. The second-order valence-electron chi connectivity index (χ2n) is 2.08. The van der Waals surface area contributed by atoms with Crippen molar-refractivity contribution in [3.63, 3.8) is 0 Å². The van der Waals surface area contributed by atoms with Crippen LogP contribution in [0.15, 0.2) is 0 Å². The van der Waals surface area contributed by atoms with E-state index in [2.05, 4.69) is 15.4 Å². The summed E-state index contributed by atoms with van der Waals surface area (Å²) in [5.41, 5.74) is 0. The lowest BCUT2D eigenvalue weighted by Gasteiger charge is -2.03. The van der Waals surface area contributed by atoms with Gasteiger partial charge in [0, 0.05) is 0 Å².